The fourth-order valence-electron chi connectivity index (χ4n) is 2.87. The summed E-state index contributed by atoms with van der Waals surface area (Å²) in [4.78, 5) is 25.5. The molecule has 25 heavy (non-hydrogen) atoms. The van der Waals surface area contributed by atoms with Crippen LogP contribution in [0.3, 0.4) is 0 Å². The first-order valence-corrected chi connectivity index (χ1v) is 8.56. The van der Waals surface area contributed by atoms with Gasteiger partial charge in [0.05, 0.1) is 19.3 Å². The molecule has 0 saturated carbocycles. The van der Waals surface area contributed by atoms with E-state index in [1.165, 1.54) is 0 Å². The molecule has 7 heteroatoms. The molecule has 2 rings (SSSR count). The van der Waals surface area contributed by atoms with Crippen LogP contribution in [0.25, 0.3) is 0 Å². The minimum Gasteiger partial charge on any atom is -0.494 e. The summed E-state index contributed by atoms with van der Waals surface area (Å²) < 4.78 is 10.7. The zero-order valence-electron chi connectivity index (χ0n) is 15.1. The highest BCUT2D eigenvalue weighted by Crippen LogP contribution is 2.18. The van der Waals surface area contributed by atoms with Crippen LogP contribution in [0.2, 0.25) is 0 Å². The number of likely N-dealkylation sites (tertiary alicyclic amines) is 1. The van der Waals surface area contributed by atoms with Crippen molar-refractivity contribution in [3.8, 4) is 5.75 Å². The number of nitrogens with one attached hydrogen (secondary N) is 2. The van der Waals surface area contributed by atoms with Crippen molar-refractivity contribution in [2.45, 2.75) is 31.8 Å². The highest BCUT2D eigenvalue weighted by Gasteiger charge is 2.25. The van der Waals surface area contributed by atoms with E-state index in [0.717, 1.165) is 11.3 Å². The van der Waals surface area contributed by atoms with Crippen molar-refractivity contribution >= 4 is 11.9 Å². The molecule has 0 aromatic heterocycles. The lowest BCUT2D eigenvalue weighted by molar-refractivity contribution is -0.132. The second-order valence-corrected chi connectivity index (χ2v) is 6.14. The molecule has 138 valence electrons. The normalized spacial score (nSPS) is 18.6. The summed E-state index contributed by atoms with van der Waals surface area (Å²) in [6.45, 7) is 3.44. The summed E-state index contributed by atoms with van der Waals surface area (Å²) in [5.74, 6) is 0.909. The Bertz CT molecular complexity index is 576. The second kappa shape index (κ2) is 9.27. The molecule has 7 nitrogen and oxygen atoms in total. The summed E-state index contributed by atoms with van der Waals surface area (Å²) >= 11 is 0. The molecule has 1 saturated heterocycles. The van der Waals surface area contributed by atoms with Crippen molar-refractivity contribution in [1.29, 1.82) is 0 Å². The predicted octanol–water partition coefficient (Wildman–Crippen LogP) is 1.69. The number of hydrogen-bond acceptors (Lipinski definition) is 4. The van der Waals surface area contributed by atoms with Crippen molar-refractivity contribution in [2.75, 3.05) is 33.9 Å². The topological polar surface area (TPSA) is 79.9 Å². The number of carbonyl (C=O) groups is 2. The number of nitrogens with zero attached hydrogens (tertiary/aromatic N) is 1. The van der Waals surface area contributed by atoms with E-state index < -0.39 is 0 Å². The number of benzene rings is 1. The quantitative estimate of drug-likeness (QED) is 0.785. The highest BCUT2D eigenvalue weighted by molar-refractivity contribution is 5.78. The van der Waals surface area contributed by atoms with Gasteiger partial charge in [0, 0.05) is 33.2 Å². The number of methoxy groups -OCH3 is 1. The molecule has 0 aliphatic carbocycles. The van der Waals surface area contributed by atoms with Crippen LogP contribution in [0, 0.1) is 0 Å². The lowest BCUT2D eigenvalue weighted by Crippen LogP contribution is -2.51. The Morgan fingerprint density at radius 3 is 2.68 bits per heavy atom. The number of rotatable bonds is 7. The molecule has 1 aliphatic heterocycles. The first-order valence-electron chi connectivity index (χ1n) is 8.56. The van der Waals surface area contributed by atoms with E-state index in [4.69, 9.17) is 9.47 Å². The van der Waals surface area contributed by atoms with Gasteiger partial charge < -0.3 is 25.0 Å². The Morgan fingerprint density at radius 1 is 1.36 bits per heavy atom. The van der Waals surface area contributed by atoms with Gasteiger partial charge in [-0.3, -0.25) is 4.79 Å². The number of hydrogen-bond donors (Lipinski definition) is 2. The maximum atomic E-state index is 12.3. The number of amides is 3. The Kier molecular flexibility index (Phi) is 7.06. The van der Waals surface area contributed by atoms with Gasteiger partial charge in [0.25, 0.3) is 0 Å². The van der Waals surface area contributed by atoms with E-state index in [-0.39, 0.29) is 24.0 Å². The summed E-state index contributed by atoms with van der Waals surface area (Å²) in [7, 11) is 3.35. The number of ether oxygens (including phenoxy) is 2. The van der Waals surface area contributed by atoms with Gasteiger partial charge in [-0.2, -0.15) is 0 Å². The van der Waals surface area contributed by atoms with Gasteiger partial charge in [0.15, 0.2) is 0 Å². The lowest BCUT2D eigenvalue weighted by Gasteiger charge is -2.30. The Morgan fingerprint density at radius 2 is 2.08 bits per heavy atom. The van der Waals surface area contributed by atoms with E-state index in [2.05, 4.69) is 10.6 Å². The summed E-state index contributed by atoms with van der Waals surface area (Å²) in [6.07, 6.45) is 1.12. The standard InChI is InChI=1S/C18H27N3O4/c1-4-25-15-8-5-13(6-9-15)16(12-24-3)20-18(23)19-14-7-10-17(22)21(2)11-14/h5-6,8-9,14,16H,4,7,10-12H2,1-3H3,(H2,19,20,23)/t14-,16-/m0/s1. The zero-order chi connectivity index (χ0) is 18.2. The van der Waals surface area contributed by atoms with Crippen LogP contribution in [0.1, 0.15) is 31.4 Å². The summed E-state index contributed by atoms with van der Waals surface area (Å²) in [5, 5.41) is 5.88. The van der Waals surface area contributed by atoms with Gasteiger partial charge in [0.1, 0.15) is 5.75 Å². The van der Waals surface area contributed by atoms with Crippen molar-refractivity contribution in [3.63, 3.8) is 0 Å². The molecule has 1 aromatic rings. The molecule has 2 N–H and O–H groups in total. The second-order valence-electron chi connectivity index (χ2n) is 6.14. The van der Waals surface area contributed by atoms with Gasteiger partial charge in [-0.15, -0.1) is 0 Å². The van der Waals surface area contributed by atoms with Crippen molar-refractivity contribution in [3.05, 3.63) is 29.8 Å². The minimum atomic E-state index is -0.261. The van der Waals surface area contributed by atoms with Crippen LogP contribution in [-0.4, -0.2) is 56.8 Å². The smallest absolute Gasteiger partial charge is 0.315 e. The first-order chi connectivity index (χ1) is 12.0. The highest BCUT2D eigenvalue weighted by atomic mass is 16.5. The van der Waals surface area contributed by atoms with Gasteiger partial charge in [0.2, 0.25) is 5.91 Å². The Labute approximate surface area is 148 Å². The van der Waals surface area contributed by atoms with Crippen LogP contribution < -0.4 is 15.4 Å². The molecule has 1 fully saturated rings. The number of piperidine rings is 1. The van der Waals surface area contributed by atoms with Gasteiger partial charge >= 0.3 is 6.03 Å². The fourth-order valence-corrected chi connectivity index (χ4v) is 2.87. The zero-order valence-corrected chi connectivity index (χ0v) is 15.1. The molecule has 1 heterocycles. The summed E-state index contributed by atoms with van der Waals surface area (Å²) in [5.41, 5.74) is 0.941. The average Bonchev–Trinajstić information content (AvgIpc) is 2.59. The SMILES string of the molecule is CCOc1ccc([C@H](COC)NC(=O)N[C@H]2CCC(=O)N(C)C2)cc1. The molecule has 0 bridgehead atoms. The van der Waals surface area contributed by atoms with E-state index >= 15 is 0 Å². The Balaban J connectivity index is 1.93. The third-order valence-corrected chi connectivity index (χ3v) is 4.19. The average molecular weight is 349 g/mol. The van der Waals surface area contributed by atoms with Crippen molar-refractivity contribution in [1.82, 2.24) is 15.5 Å². The van der Waals surface area contributed by atoms with Gasteiger partial charge in [-0.1, -0.05) is 12.1 Å². The van der Waals surface area contributed by atoms with E-state index in [9.17, 15) is 9.59 Å². The molecular weight excluding hydrogens is 322 g/mol. The minimum absolute atomic E-state index is 0.0359. The molecule has 0 radical (unpaired) electrons. The molecule has 1 aromatic carbocycles. The molecular formula is C18H27N3O4. The fraction of sp³-hybridized carbons (Fsp3) is 0.556. The third-order valence-electron chi connectivity index (χ3n) is 4.19. The van der Waals surface area contributed by atoms with E-state index in [1.54, 1.807) is 19.1 Å². The molecule has 1 aliphatic rings. The largest absolute Gasteiger partial charge is 0.494 e. The van der Waals surface area contributed by atoms with Crippen molar-refractivity contribution in [2.24, 2.45) is 0 Å². The van der Waals surface area contributed by atoms with E-state index in [1.807, 2.05) is 31.2 Å². The molecule has 2 atom stereocenters. The van der Waals surface area contributed by atoms with Gasteiger partial charge in [-0.25, -0.2) is 4.79 Å². The number of carbonyl (C=O) groups excluding carboxylic acids is 2. The molecule has 3 amide bonds. The summed E-state index contributed by atoms with van der Waals surface area (Å²) in [6, 6.07) is 7.04. The predicted molar refractivity (Wildman–Crippen MR) is 94.6 cm³/mol. The number of likely N-dealkylation sites (N-methyl/N-ethyl adjacent to an activating group) is 1. The lowest BCUT2D eigenvalue weighted by atomic mass is 10.1. The van der Waals surface area contributed by atoms with E-state index in [0.29, 0.717) is 32.6 Å². The number of urea groups is 1. The molecule has 0 unspecified atom stereocenters. The third kappa shape index (κ3) is 5.63. The molecule has 0 spiro atoms. The van der Waals surface area contributed by atoms with Crippen LogP contribution >= 0.6 is 0 Å². The maximum absolute atomic E-state index is 12.3. The monoisotopic (exact) mass is 349 g/mol. The Hall–Kier alpha value is -2.28. The van der Waals surface area contributed by atoms with Crippen LogP contribution in [-0.2, 0) is 9.53 Å². The van der Waals surface area contributed by atoms with Crippen LogP contribution in [0.5, 0.6) is 5.75 Å². The van der Waals surface area contributed by atoms with Crippen LogP contribution in [0.4, 0.5) is 4.79 Å². The first kappa shape index (κ1) is 19.1. The van der Waals surface area contributed by atoms with Gasteiger partial charge in [-0.05, 0) is 31.0 Å². The van der Waals surface area contributed by atoms with Crippen molar-refractivity contribution < 1.29 is 19.1 Å². The maximum Gasteiger partial charge on any atom is 0.315 e. The van der Waals surface area contributed by atoms with Crippen LogP contribution in [0.15, 0.2) is 24.3 Å².